The van der Waals surface area contributed by atoms with Gasteiger partial charge >= 0.3 is 5.97 Å². The highest BCUT2D eigenvalue weighted by Gasteiger charge is 2.01. The summed E-state index contributed by atoms with van der Waals surface area (Å²) in [5, 5.41) is 8.53. The van der Waals surface area contributed by atoms with Gasteiger partial charge in [-0.05, 0) is 46.7 Å². The second-order valence-electron chi connectivity index (χ2n) is 2.65. The molecule has 3 heteroatoms. The van der Waals surface area contributed by atoms with Gasteiger partial charge in [0.2, 0.25) is 0 Å². The molecular weight excluding hydrogens is 267 g/mol. The molecule has 0 saturated heterocycles. The second-order valence-corrected chi connectivity index (χ2v) is 3.82. The highest BCUT2D eigenvalue weighted by molar-refractivity contribution is 14.1. The number of rotatable bonds is 2. The lowest BCUT2D eigenvalue weighted by Crippen LogP contribution is -2.00. The van der Waals surface area contributed by atoms with Crippen LogP contribution in [0.5, 0.6) is 0 Å². The summed E-state index contributed by atoms with van der Waals surface area (Å²) in [5.74, 6) is -0.782. The SMILES string of the molecule is Cc1cc(CC(=O)O)ccc1I. The Morgan fingerprint density at radius 2 is 2.25 bits per heavy atom. The monoisotopic (exact) mass is 276 g/mol. The van der Waals surface area contributed by atoms with Crippen LogP contribution in [0.25, 0.3) is 0 Å². The summed E-state index contributed by atoms with van der Waals surface area (Å²) in [6.45, 7) is 1.98. The van der Waals surface area contributed by atoms with Crippen molar-refractivity contribution in [2.24, 2.45) is 0 Å². The van der Waals surface area contributed by atoms with Crippen molar-refractivity contribution in [3.8, 4) is 0 Å². The van der Waals surface area contributed by atoms with E-state index >= 15 is 0 Å². The lowest BCUT2D eigenvalue weighted by atomic mass is 10.1. The van der Waals surface area contributed by atoms with Gasteiger partial charge in [0, 0.05) is 3.57 Å². The second kappa shape index (κ2) is 3.89. The van der Waals surface area contributed by atoms with Crippen molar-refractivity contribution in [2.45, 2.75) is 13.3 Å². The molecule has 0 aliphatic rings. The molecule has 12 heavy (non-hydrogen) atoms. The average molecular weight is 276 g/mol. The molecule has 0 aromatic heterocycles. The number of carboxylic acid groups (broad SMARTS) is 1. The fraction of sp³-hybridized carbons (Fsp3) is 0.222. The topological polar surface area (TPSA) is 37.3 Å². The molecule has 1 aromatic carbocycles. The largest absolute Gasteiger partial charge is 0.481 e. The molecule has 0 heterocycles. The third-order valence-electron chi connectivity index (χ3n) is 1.58. The molecule has 2 nitrogen and oxygen atoms in total. The quantitative estimate of drug-likeness (QED) is 0.841. The zero-order chi connectivity index (χ0) is 9.14. The highest BCUT2D eigenvalue weighted by Crippen LogP contribution is 2.13. The highest BCUT2D eigenvalue weighted by atomic mass is 127. The molecule has 0 aliphatic heterocycles. The summed E-state index contributed by atoms with van der Waals surface area (Å²) in [5.41, 5.74) is 2.00. The summed E-state index contributed by atoms with van der Waals surface area (Å²) in [6, 6.07) is 5.70. The summed E-state index contributed by atoms with van der Waals surface area (Å²) in [7, 11) is 0. The van der Waals surface area contributed by atoms with Crippen molar-refractivity contribution < 1.29 is 9.90 Å². The molecule has 0 unspecified atom stereocenters. The maximum Gasteiger partial charge on any atom is 0.307 e. The Labute approximate surface area is 84.7 Å². The standard InChI is InChI=1S/C9H9IO2/c1-6-4-7(5-9(11)12)2-3-8(6)10/h2-4H,5H2,1H3,(H,11,12). The van der Waals surface area contributed by atoms with Gasteiger partial charge in [-0.25, -0.2) is 0 Å². The average Bonchev–Trinajstić information content (AvgIpc) is 1.96. The predicted octanol–water partition coefficient (Wildman–Crippen LogP) is 2.23. The molecule has 1 rings (SSSR count). The van der Waals surface area contributed by atoms with Crippen LogP contribution in [0.1, 0.15) is 11.1 Å². The van der Waals surface area contributed by atoms with E-state index in [0.717, 1.165) is 11.1 Å². The van der Waals surface area contributed by atoms with Crippen molar-refractivity contribution in [3.63, 3.8) is 0 Å². The van der Waals surface area contributed by atoms with Crippen molar-refractivity contribution in [2.75, 3.05) is 0 Å². The van der Waals surface area contributed by atoms with Gasteiger partial charge in [0.1, 0.15) is 0 Å². The lowest BCUT2D eigenvalue weighted by molar-refractivity contribution is -0.136. The van der Waals surface area contributed by atoms with E-state index in [1.54, 1.807) is 0 Å². The molecule has 0 atom stereocenters. The zero-order valence-corrected chi connectivity index (χ0v) is 8.83. The molecule has 0 saturated carbocycles. The van der Waals surface area contributed by atoms with Crippen LogP contribution in [0.15, 0.2) is 18.2 Å². The molecule has 0 radical (unpaired) electrons. The number of benzene rings is 1. The minimum Gasteiger partial charge on any atom is -0.481 e. The Morgan fingerprint density at radius 3 is 2.75 bits per heavy atom. The van der Waals surface area contributed by atoms with E-state index in [-0.39, 0.29) is 6.42 Å². The zero-order valence-electron chi connectivity index (χ0n) is 6.67. The van der Waals surface area contributed by atoms with Gasteiger partial charge in [0.25, 0.3) is 0 Å². The predicted molar refractivity (Wildman–Crippen MR) is 55.2 cm³/mol. The fourth-order valence-electron chi connectivity index (χ4n) is 0.991. The van der Waals surface area contributed by atoms with Crippen LogP contribution >= 0.6 is 22.6 Å². The molecule has 0 aliphatic carbocycles. The molecular formula is C9H9IO2. The third-order valence-corrected chi connectivity index (χ3v) is 2.79. The van der Waals surface area contributed by atoms with Crippen molar-refractivity contribution in [1.82, 2.24) is 0 Å². The van der Waals surface area contributed by atoms with Gasteiger partial charge in [-0.1, -0.05) is 12.1 Å². The van der Waals surface area contributed by atoms with Gasteiger partial charge in [-0.3, -0.25) is 4.79 Å². The first kappa shape index (κ1) is 9.51. The van der Waals surface area contributed by atoms with Gasteiger partial charge in [-0.15, -0.1) is 0 Å². The number of halogens is 1. The number of carboxylic acids is 1. The Morgan fingerprint density at radius 1 is 1.58 bits per heavy atom. The molecule has 1 aromatic rings. The van der Waals surface area contributed by atoms with Gasteiger partial charge in [0.15, 0.2) is 0 Å². The lowest BCUT2D eigenvalue weighted by Gasteiger charge is -2.00. The molecule has 64 valence electrons. The van der Waals surface area contributed by atoms with Gasteiger partial charge in [-0.2, -0.15) is 0 Å². The molecule has 0 fully saturated rings. The first-order chi connectivity index (χ1) is 5.59. The maximum atomic E-state index is 10.4. The van der Waals surface area contributed by atoms with Crippen LogP contribution in [-0.2, 0) is 11.2 Å². The number of hydrogen-bond donors (Lipinski definition) is 1. The molecule has 0 spiro atoms. The number of hydrogen-bond acceptors (Lipinski definition) is 1. The van der Waals surface area contributed by atoms with Crippen LogP contribution in [0, 0.1) is 10.5 Å². The molecule has 1 N–H and O–H groups in total. The number of aliphatic carboxylic acids is 1. The van der Waals surface area contributed by atoms with E-state index < -0.39 is 5.97 Å². The third kappa shape index (κ3) is 2.48. The maximum absolute atomic E-state index is 10.4. The van der Waals surface area contributed by atoms with Crippen LogP contribution in [0.2, 0.25) is 0 Å². The van der Waals surface area contributed by atoms with Crippen LogP contribution < -0.4 is 0 Å². The summed E-state index contributed by atoms with van der Waals surface area (Å²) < 4.78 is 1.17. The fourth-order valence-corrected chi connectivity index (χ4v) is 1.33. The first-order valence-electron chi connectivity index (χ1n) is 3.56. The normalized spacial score (nSPS) is 9.83. The summed E-state index contributed by atoms with van der Waals surface area (Å²) in [4.78, 5) is 10.4. The number of aryl methyl sites for hydroxylation is 1. The Bertz CT molecular complexity index is 307. The van der Waals surface area contributed by atoms with Crippen LogP contribution in [0.4, 0.5) is 0 Å². The Balaban J connectivity index is 2.89. The van der Waals surface area contributed by atoms with Crippen molar-refractivity contribution in [1.29, 1.82) is 0 Å². The van der Waals surface area contributed by atoms with E-state index in [2.05, 4.69) is 22.6 Å². The van der Waals surface area contributed by atoms with E-state index in [9.17, 15) is 4.79 Å². The number of carbonyl (C=O) groups is 1. The first-order valence-corrected chi connectivity index (χ1v) is 4.64. The Hall–Kier alpha value is -0.580. The van der Waals surface area contributed by atoms with Crippen LogP contribution in [-0.4, -0.2) is 11.1 Å². The van der Waals surface area contributed by atoms with E-state index in [1.807, 2.05) is 25.1 Å². The van der Waals surface area contributed by atoms with Gasteiger partial charge in [0.05, 0.1) is 6.42 Å². The smallest absolute Gasteiger partial charge is 0.307 e. The summed E-state index contributed by atoms with van der Waals surface area (Å²) >= 11 is 2.23. The Kier molecular flexibility index (Phi) is 3.08. The minimum absolute atomic E-state index is 0.109. The summed E-state index contributed by atoms with van der Waals surface area (Å²) in [6.07, 6.45) is 0.109. The van der Waals surface area contributed by atoms with Crippen LogP contribution in [0.3, 0.4) is 0 Å². The molecule has 0 bridgehead atoms. The van der Waals surface area contributed by atoms with Crippen molar-refractivity contribution in [3.05, 3.63) is 32.9 Å². The van der Waals surface area contributed by atoms with E-state index in [0.29, 0.717) is 0 Å². The molecule has 0 amide bonds. The minimum atomic E-state index is -0.782. The van der Waals surface area contributed by atoms with E-state index in [4.69, 9.17) is 5.11 Å². The van der Waals surface area contributed by atoms with Gasteiger partial charge < -0.3 is 5.11 Å². The van der Waals surface area contributed by atoms with Crippen molar-refractivity contribution >= 4 is 28.6 Å². The van der Waals surface area contributed by atoms with E-state index in [1.165, 1.54) is 3.57 Å².